The van der Waals surface area contributed by atoms with Crippen LogP contribution in [0.15, 0.2) is 66.7 Å². The molecule has 0 aliphatic carbocycles. The molecule has 0 amide bonds. The summed E-state index contributed by atoms with van der Waals surface area (Å²) in [7, 11) is 1.64. The molecule has 1 heterocycles. The Hall–Kier alpha value is -3.11. The lowest BCUT2D eigenvalue weighted by molar-refractivity contribution is 0.303. The maximum Gasteiger partial charge on any atom is 0.143 e. The first kappa shape index (κ1) is 16.4. The molecule has 4 heteroatoms. The highest BCUT2D eigenvalue weighted by Gasteiger charge is 2.18. The Bertz CT molecular complexity index is 1080. The summed E-state index contributed by atoms with van der Waals surface area (Å²) in [5.74, 6) is 0.698. The smallest absolute Gasteiger partial charge is 0.143 e. The summed E-state index contributed by atoms with van der Waals surface area (Å²) in [5.41, 5.74) is 4.71. The molecule has 0 radical (unpaired) electrons. The molecule has 0 bridgehead atoms. The van der Waals surface area contributed by atoms with E-state index in [-0.39, 0.29) is 6.73 Å². The third kappa shape index (κ3) is 2.74. The lowest BCUT2D eigenvalue weighted by Gasteiger charge is -2.26. The molecule has 4 aromatic rings. The number of aryl methyl sites for hydroxylation is 1. The average molecular weight is 344 g/mol. The fourth-order valence-electron chi connectivity index (χ4n) is 3.33. The van der Waals surface area contributed by atoms with E-state index in [1.165, 1.54) is 5.56 Å². The number of benzene rings is 3. The molecule has 0 unspecified atom stereocenters. The maximum atomic E-state index is 10.1. The molecule has 0 aliphatic heterocycles. The van der Waals surface area contributed by atoms with Crippen LogP contribution in [-0.4, -0.2) is 23.9 Å². The molecule has 26 heavy (non-hydrogen) atoms. The first-order valence-electron chi connectivity index (χ1n) is 8.53. The van der Waals surface area contributed by atoms with Gasteiger partial charge in [-0.15, -0.1) is 0 Å². The van der Waals surface area contributed by atoms with E-state index in [1.807, 2.05) is 53.4 Å². The molecule has 0 saturated carbocycles. The molecule has 0 saturated heterocycles. The molecule has 0 spiro atoms. The van der Waals surface area contributed by atoms with Crippen LogP contribution >= 0.6 is 0 Å². The van der Waals surface area contributed by atoms with Crippen molar-refractivity contribution >= 4 is 33.2 Å². The average Bonchev–Trinajstić information content (AvgIpc) is 2.68. The number of aliphatic hydroxyl groups is 1. The minimum absolute atomic E-state index is 0.161. The van der Waals surface area contributed by atoms with Crippen LogP contribution in [0.2, 0.25) is 0 Å². The zero-order chi connectivity index (χ0) is 18.1. The van der Waals surface area contributed by atoms with E-state index >= 15 is 0 Å². The van der Waals surface area contributed by atoms with E-state index in [4.69, 9.17) is 9.72 Å². The van der Waals surface area contributed by atoms with E-state index in [2.05, 4.69) is 25.1 Å². The van der Waals surface area contributed by atoms with Crippen molar-refractivity contribution in [2.45, 2.75) is 6.92 Å². The number of methoxy groups -OCH3 is 1. The number of rotatable bonds is 4. The highest BCUT2D eigenvalue weighted by molar-refractivity contribution is 6.03. The number of aromatic nitrogens is 1. The predicted molar refractivity (Wildman–Crippen MR) is 106 cm³/mol. The van der Waals surface area contributed by atoms with Crippen molar-refractivity contribution < 1.29 is 9.84 Å². The van der Waals surface area contributed by atoms with Gasteiger partial charge in [0.15, 0.2) is 0 Å². The third-order valence-electron chi connectivity index (χ3n) is 4.58. The fraction of sp³-hybridized carbons (Fsp3) is 0.136. The molecular formula is C22H20N2O2. The van der Waals surface area contributed by atoms with E-state index in [9.17, 15) is 5.11 Å². The normalized spacial score (nSPS) is 11.0. The van der Waals surface area contributed by atoms with Crippen LogP contribution in [-0.2, 0) is 0 Å². The number of hydrogen-bond donors (Lipinski definition) is 1. The number of nitrogens with zero attached hydrogens (tertiary/aromatic N) is 2. The van der Waals surface area contributed by atoms with Gasteiger partial charge in [0.25, 0.3) is 0 Å². The van der Waals surface area contributed by atoms with Gasteiger partial charge in [-0.1, -0.05) is 29.8 Å². The second kappa shape index (κ2) is 6.65. The van der Waals surface area contributed by atoms with Gasteiger partial charge in [0, 0.05) is 16.5 Å². The van der Waals surface area contributed by atoms with Gasteiger partial charge in [-0.25, -0.2) is 4.98 Å². The zero-order valence-electron chi connectivity index (χ0n) is 14.8. The fourth-order valence-corrected chi connectivity index (χ4v) is 3.33. The van der Waals surface area contributed by atoms with Gasteiger partial charge in [0.05, 0.1) is 23.8 Å². The van der Waals surface area contributed by atoms with E-state index in [0.29, 0.717) is 5.75 Å². The SMILES string of the molecule is COc1ccc2nc3ccc(C)cc3cc2c1N(CO)c1ccccc1. The maximum absolute atomic E-state index is 10.1. The Balaban J connectivity index is 2.04. The van der Waals surface area contributed by atoms with Crippen molar-refractivity contribution in [3.63, 3.8) is 0 Å². The summed E-state index contributed by atoms with van der Waals surface area (Å²) in [4.78, 5) is 6.64. The first-order chi connectivity index (χ1) is 12.7. The lowest BCUT2D eigenvalue weighted by atomic mass is 10.1. The summed E-state index contributed by atoms with van der Waals surface area (Å²) in [5, 5.41) is 12.1. The largest absolute Gasteiger partial charge is 0.495 e. The summed E-state index contributed by atoms with van der Waals surface area (Å²) in [6.45, 7) is 1.91. The van der Waals surface area contributed by atoms with Gasteiger partial charge >= 0.3 is 0 Å². The van der Waals surface area contributed by atoms with Crippen molar-refractivity contribution in [1.29, 1.82) is 0 Å². The second-order valence-electron chi connectivity index (χ2n) is 6.27. The second-order valence-corrected chi connectivity index (χ2v) is 6.27. The topological polar surface area (TPSA) is 45.6 Å². The quantitative estimate of drug-likeness (QED) is 0.427. The number of fused-ring (bicyclic) bond motifs is 2. The highest BCUT2D eigenvalue weighted by Crippen LogP contribution is 2.40. The summed E-state index contributed by atoms with van der Waals surface area (Å²) >= 11 is 0. The Kier molecular flexibility index (Phi) is 4.19. The zero-order valence-corrected chi connectivity index (χ0v) is 14.8. The van der Waals surface area contributed by atoms with Gasteiger partial charge < -0.3 is 14.7 Å². The van der Waals surface area contributed by atoms with Crippen molar-refractivity contribution in [3.8, 4) is 5.75 Å². The molecule has 4 nitrogen and oxygen atoms in total. The minimum Gasteiger partial charge on any atom is -0.495 e. The van der Waals surface area contributed by atoms with Crippen LogP contribution in [0.3, 0.4) is 0 Å². The molecule has 1 aromatic heterocycles. The highest BCUT2D eigenvalue weighted by atomic mass is 16.5. The van der Waals surface area contributed by atoms with Crippen molar-refractivity contribution in [2.75, 3.05) is 18.7 Å². The van der Waals surface area contributed by atoms with Crippen LogP contribution in [0, 0.1) is 6.92 Å². The van der Waals surface area contributed by atoms with Crippen molar-refractivity contribution in [3.05, 3.63) is 72.3 Å². The van der Waals surface area contributed by atoms with Crippen molar-refractivity contribution in [2.24, 2.45) is 0 Å². The number of aliphatic hydroxyl groups excluding tert-OH is 1. The van der Waals surface area contributed by atoms with E-state index in [1.54, 1.807) is 7.11 Å². The Morgan fingerprint density at radius 1 is 0.962 bits per heavy atom. The summed E-state index contributed by atoms with van der Waals surface area (Å²) in [6.07, 6.45) is 0. The number of para-hydroxylation sites is 1. The predicted octanol–water partition coefficient (Wildman–Crippen LogP) is 4.79. The van der Waals surface area contributed by atoms with Gasteiger partial charge in [0.1, 0.15) is 12.5 Å². The van der Waals surface area contributed by atoms with Gasteiger partial charge in [-0.2, -0.15) is 0 Å². The van der Waals surface area contributed by atoms with E-state index in [0.717, 1.165) is 33.2 Å². The standard InChI is InChI=1S/C22H20N2O2/c1-15-8-9-19-16(12-15)13-18-20(23-19)10-11-21(26-2)22(18)24(14-25)17-6-4-3-5-7-17/h3-13,25H,14H2,1-2H3. The molecule has 3 aromatic carbocycles. The molecule has 1 N–H and O–H groups in total. The third-order valence-corrected chi connectivity index (χ3v) is 4.58. The molecule has 4 rings (SSSR count). The Morgan fingerprint density at radius 2 is 1.73 bits per heavy atom. The monoisotopic (exact) mass is 344 g/mol. The molecule has 0 atom stereocenters. The minimum atomic E-state index is -0.161. The van der Waals surface area contributed by atoms with Crippen LogP contribution in [0.4, 0.5) is 11.4 Å². The Morgan fingerprint density at radius 3 is 2.46 bits per heavy atom. The number of hydrogen-bond acceptors (Lipinski definition) is 4. The summed E-state index contributed by atoms with van der Waals surface area (Å²) in [6, 6.07) is 22.0. The molecular weight excluding hydrogens is 324 g/mol. The van der Waals surface area contributed by atoms with Gasteiger partial charge in [-0.3, -0.25) is 0 Å². The van der Waals surface area contributed by atoms with Crippen LogP contribution in [0.25, 0.3) is 21.8 Å². The van der Waals surface area contributed by atoms with Gasteiger partial charge in [0.2, 0.25) is 0 Å². The van der Waals surface area contributed by atoms with Crippen LogP contribution < -0.4 is 9.64 Å². The number of ether oxygens (including phenoxy) is 1. The number of pyridine rings is 1. The van der Waals surface area contributed by atoms with E-state index < -0.39 is 0 Å². The van der Waals surface area contributed by atoms with Crippen molar-refractivity contribution in [1.82, 2.24) is 4.98 Å². The first-order valence-corrected chi connectivity index (χ1v) is 8.53. The van der Waals surface area contributed by atoms with Crippen LogP contribution in [0.5, 0.6) is 5.75 Å². The molecule has 0 fully saturated rings. The molecule has 130 valence electrons. The molecule has 0 aliphatic rings. The van der Waals surface area contributed by atoms with Gasteiger partial charge in [-0.05, 0) is 49.4 Å². The lowest BCUT2D eigenvalue weighted by Crippen LogP contribution is -2.19. The summed E-state index contributed by atoms with van der Waals surface area (Å²) < 4.78 is 5.61. The Labute approximate surface area is 152 Å². The number of anilines is 2. The van der Waals surface area contributed by atoms with Crippen LogP contribution in [0.1, 0.15) is 5.56 Å².